The zero-order valence-corrected chi connectivity index (χ0v) is 13.7. The monoisotopic (exact) mass is 321 g/mol. The van der Waals surface area contributed by atoms with Gasteiger partial charge in [0.1, 0.15) is 11.9 Å². The third-order valence-electron chi connectivity index (χ3n) is 4.12. The molecule has 2 amide bonds. The van der Waals surface area contributed by atoms with Gasteiger partial charge in [0.25, 0.3) is 0 Å². The van der Waals surface area contributed by atoms with Crippen LogP contribution in [-0.4, -0.2) is 23.6 Å². The number of amides is 2. The predicted molar refractivity (Wildman–Crippen MR) is 91.9 cm³/mol. The van der Waals surface area contributed by atoms with Gasteiger partial charge < -0.3 is 15.0 Å². The summed E-state index contributed by atoms with van der Waals surface area (Å²) < 4.78 is 5.88. The summed E-state index contributed by atoms with van der Waals surface area (Å²) in [4.78, 5) is 14.4. The highest BCUT2D eigenvalue weighted by Crippen LogP contribution is 2.25. The molecule has 0 bridgehead atoms. The van der Waals surface area contributed by atoms with Crippen LogP contribution in [0.3, 0.4) is 0 Å². The number of urea groups is 1. The normalized spacial score (nSPS) is 16.4. The average Bonchev–Trinajstić information content (AvgIpc) is 2.74. The zero-order chi connectivity index (χ0) is 17.1. The van der Waals surface area contributed by atoms with Crippen molar-refractivity contribution in [3.63, 3.8) is 0 Å². The van der Waals surface area contributed by atoms with Gasteiger partial charge in [-0.15, -0.1) is 0 Å². The van der Waals surface area contributed by atoms with E-state index in [-0.39, 0.29) is 12.1 Å². The van der Waals surface area contributed by atoms with E-state index in [2.05, 4.69) is 11.4 Å². The maximum atomic E-state index is 12.7. The average molecular weight is 321 g/mol. The molecule has 1 atom stereocenters. The summed E-state index contributed by atoms with van der Waals surface area (Å²) in [6.07, 6.45) is -0.0917. The van der Waals surface area contributed by atoms with E-state index in [1.54, 1.807) is 23.1 Å². The van der Waals surface area contributed by atoms with E-state index in [0.717, 1.165) is 16.9 Å². The quantitative estimate of drug-likeness (QED) is 0.871. The summed E-state index contributed by atoms with van der Waals surface area (Å²) >= 11 is 0. The minimum absolute atomic E-state index is 0.0917. The maximum absolute atomic E-state index is 12.7. The van der Waals surface area contributed by atoms with E-state index in [1.807, 2.05) is 38.1 Å². The van der Waals surface area contributed by atoms with E-state index in [1.165, 1.54) is 0 Å². The van der Waals surface area contributed by atoms with Gasteiger partial charge in [-0.25, -0.2) is 4.79 Å². The molecule has 0 aromatic heterocycles. The van der Waals surface area contributed by atoms with Crippen molar-refractivity contribution in [2.45, 2.75) is 26.5 Å². The smallest absolute Gasteiger partial charge is 0.322 e. The van der Waals surface area contributed by atoms with Crippen molar-refractivity contribution in [2.24, 2.45) is 0 Å². The molecule has 0 saturated carbocycles. The Hall–Kier alpha value is -3.00. The maximum Gasteiger partial charge on any atom is 0.322 e. The van der Waals surface area contributed by atoms with Gasteiger partial charge in [0.15, 0.2) is 0 Å². The molecule has 3 rings (SSSR count). The first-order valence-electron chi connectivity index (χ1n) is 7.88. The molecule has 5 heteroatoms. The van der Waals surface area contributed by atoms with Crippen LogP contribution in [0.1, 0.15) is 23.6 Å². The molecule has 1 unspecified atom stereocenters. The summed E-state index contributed by atoms with van der Waals surface area (Å²) in [5.41, 5.74) is 2.98. The summed E-state index contributed by atoms with van der Waals surface area (Å²) in [7, 11) is 0. The Kier molecular flexibility index (Phi) is 4.39. The van der Waals surface area contributed by atoms with Crippen LogP contribution in [0, 0.1) is 18.3 Å². The fourth-order valence-electron chi connectivity index (χ4n) is 2.83. The number of hydrogen-bond acceptors (Lipinski definition) is 3. The van der Waals surface area contributed by atoms with Crippen molar-refractivity contribution in [1.82, 2.24) is 4.90 Å². The molecule has 1 heterocycles. The Balaban J connectivity index is 1.82. The summed E-state index contributed by atoms with van der Waals surface area (Å²) in [5, 5.41) is 12.0. The Morgan fingerprint density at radius 3 is 2.88 bits per heavy atom. The molecule has 0 radical (unpaired) electrons. The molecule has 2 aromatic carbocycles. The van der Waals surface area contributed by atoms with Gasteiger partial charge in [-0.3, -0.25) is 0 Å². The number of para-hydroxylation sites is 1. The summed E-state index contributed by atoms with van der Waals surface area (Å²) in [6.45, 7) is 4.77. The van der Waals surface area contributed by atoms with Crippen LogP contribution in [0.25, 0.3) is 0 Å². The fraction of sp³-hybridized carbons (Fsp3) is 0.263. The first-order chi connectivity index (χ1) is 11.6. The Bertz CT molecular complexity index is 810. The third kappa shape index (κ3) is 3.18. The number of hydrogen-bond donors (Lipinski definition) is 1. The number of nitriles is 1. The van der Waals surface area contributed by atoms with Crippen LogP contribution < -0.4 is 10.1 Å². The number of carbonyl (C=O) groups is 1. The number of nitrogens with zero attached hydrogens (tertiary/aromatic N) is 2. The van der Waals surface area contributed by atoms with Gasteiger partial charge in [-0.2, -0.15) is 5.26 Å². The van der Waals surface area contributed by atoms with E-state index in [9.17, 15) is 4.79 Å². The minimum atomic E-state index is -0.194. The molecule has 122 valence electrons. The van der Waals surface area contributed by atoms with E-state index < -0.39 is 0 Å². The first kappa shape index (κ1) is 15.9. The largest absolute Gasteiger partial charge is 0.489 e. The highest BCUT2D eigenvalue weighted by Gasteiger charge is 2.24. The first-order valence-corrected chi connectivity index (χ1v) is 7.88. The standard InChI is InChI=1S/C19H19N3O2/c1-13-11-22(12-16-6-3-4-9-18(16)24-13)19(23)21-17-8-5-7-15(10-20)14(17)2/h3-9,13H,11-12H2,1-2H3,(H,21,23). The molecule has 0 aliphatic carbocycles. The Labute approximate surface area is 141 Å². The second-order valence-corrected chi connectivity index (χ2v) is 5.94. The Morgan fingerprint density at radius 1 is 1.29 bits per heavy atom. The molecular weight excluding hydrogens is 302 g/mol. The topological polar surface area (TPSA) is 65.4 Å². The SMILES string of the molecule is Cc1c(C#N)cccc1NC(=O)N1Cc2ccccc2OC(C)C1. The highest BCUT2D eigenvalue weighted by atomic mass is 16.5. The molecule has 1 aliphatic rings. The van der Waals surface area contributed by atoms with Gasteiger partial charge in [0.05, 0.1) is 24.7 Å². The van der Waals surface area contributed by atoms with Crippen LogP contribution in [-0.2, 0) is 6.54 Å². The van der Waals surface area contributed by atoms with Crippen LogP contribution >= 0.6 is 0 Å². The lowest BCUT2D eigenvalue weighted by Crippen LogP contribution is -2.39. The van der Waals surface area contributed by atoms with Gasteiger partial charge in [-0.05, 0) is 37.6 Å². The fourth-order valence-corrected chi connectivity index (χ4v) is 2.83. The minimum Gasteiger partial charge on any atom is -0.489 e. The number of rotatable bonds is 1. The van der Waals surface area contributed by atoms with Gasteiger partial charge >= 0.3 is 6.03 Å². The predicted octanol–water partition coefficient (Wildman–Crippen LogP) is 3.68. The van der Waals surface area contributed by atoms with Crippen molar-refractivity contribution in [3.05, 3.63) is 59.2 Å². The number of benzene rings is 2. The number of ether oxygens (including phenoxy) is 1. The van der Waals surface area contributed by atoms with E-state index in [4.69, 9.17) is 10.00 Å². The number of nitrogens with one attached hydrogen (secondary N) is 1. The molecule has 24 heavy (non-hydrogen) atoms. The zero-order valence-electron chi connectivity index (χ0n) is 13.7. The van der Waals surface area contributed by atoms with Crippen LogP contribution in [0.5, 0.6) is 5.75 Å². The number of fused-ring (bicyclic) bond motifs is 1. The molecule has 2 aromatic rings. The lowest BCUT2D eigenvalue weighted by atomic mass is 10.1. The van der Waals surface area contributed by atoms with Crippen molar-refractivity contribution in [2.75, 3.05) is 11.9 Å². The summed E-state index contributed by atoms with van der Waals surface area (Å²) in [5.74, 6) is 0.822. The lowest BCUT2D eigenvalue weighted by molar-refractivity contribution is 0.167. The van der Waals surface area contributed by atoms with Gasteiger partial charge in [0, 0.05) is 11.3 Å². The lowest BCUT2D eigenvalue weighted by Gasteiger charge is -2.23. The van der Waals surface area contributed by atoms with Crippen molar-refractivity contribution in [3.8, 4) is 11.8 Å². The molecule has 1 aliphatic heterocycles. The van der Waals surface area contributed by atoms with Crippen molar-refractivity contribution in [1.29, 1.82) is 5.26 Å². The van der Waals surface area contributed by atoms with E-state index >= 15 is 0 Å². The second kappa shape index (κ2) is 6.63. The van der Waals surface area contributed by atoms with Crippen molar-refractivity contribution < 1.29 is 9.53 Å². The third-order valence-corrected chi connectivity index (χ3v) is 4.12. The van der Waals surface area contributed by atoms with E-state index in [0.29, 0.717) is 24.3 Å². The van der Waals surface area contributed by atoms with Crippen molar-refractivity contribution >= 4 is 11.7 Å². The van der Waals surface area contributed by atoms with Crippen LogP contribution in [0.4, 0.5) is 10.5 Å². The molecule has 0 fully saturated rings. The molecular formula is C19H19N3O2. The van der Waals surface area contributed by atoms with Gasteiger partial charge in [0.2, 0.25) is 0 Å². The second-order valence-electron chi connectivity index (χ2n) is 5.94. The highest BCUT2D eigenvalue weighted by molar-refractivity contribution is 5.90. The van der Waals surface area contributed by atoms with Crippen LogP contribution in [0.15, 0.2) is 42.5 Å². The Morgan fingerprint density at radius 2 is 2.08 bits per heavy atom. The molecule has 0 spiro atoms. The molecule has 5 nitrogen and oxygen atoms in total. The van der Waals surface area contributed by atoms with Crippen LogP contribution in [0.2, 0.25) is 0 Å². The molecule has 0 saturated heterocycles. The number of carbonyl (C=O) groups excluding carboxylic acids is 1. The van der Waals surface area contributed by atoms with Gasteiger partial charge in [-0.1, -0.05) is 24.3 Å². The summed E-state index contributed by atoms with van der Waals surface area (Å²) in [6, 6.07) is 15.0. The number of anilines is 1. The molecule has 1 N–H and O–H groups in total.